The highest BCUT2D eigenvalue weighted by molar-refractivity contribution is 9.10. The van der Waals surface area contributed by atoms with Gasteiger partial charge in [-0.25, -0.2) is 0 Å². The van der Waals surface area contributed by atoms with Gasteiger partial charge in [0, 0.05) is 8.95 Å². The molecule has 5 rings (SSSR count). The van der Waals surface area contributed by atoms with Crippen molar-refractivity contribution in [3.63, 3.8) is 0 Å². The van der Waals surface area contributed by atoms with Crippen molar-refractivity contribution in [2.24, 2.45) is 0 Å². The number of carbonyl (C=O) groups excluding carboxylic acids is 2. The maximum absolute atomic E-state index is 12.4. The number of benzene rings is 2. The number of fused-ring (bicyclic) bond motifs is 2. The van der Waals surface area contributed by atoms with Gasteiger partial charge in [-0.2, -0.15) is 0 Å². The highest BCUT2D eigenvalue weighted by Crippen LogP contribution is 2.40. The Labute approximate surface area is 181 Å². The van der Waals surface area contributed by atoms with Gasteiger partial charge in [-0.3, -0.25) is 14.9 Å². The molecule has 3 heterocycles. The number of imide groups is 1. The van der Waals surface area contributed by atoms with Crippen LogP contribution >= 0.6 is 31.9 Å². The van der Waals surface area contributed by atoms with Gasteiger partial charge in [0.05, 0.1) is 11.1 Å². The minimum atomic E-state index is -0.470. The van der Waals surface area contributed by atoms with Gasteiger partial charge in [0.15, 0.2) is 23.0 Å². The Morgan fingerprint density at radius 2 is 1.07 bits per heavy atom. The molecule has 1 saturated heterocycles. The molecule has 0 aromatic heterocycles. The van der Waals surface area contributed by atoms with Crippen LogP contribution in [0, 0.1) is 0 Å². The van der Waals surface area contributed by atoms with Gasteiger partial charge in [0.25, 0.3) is 11.8 Å². The Bertz CT molecular complexity index is 1060. The van der Waals surface area contributed by atoms with Crippen LogP contribution in [-0.2, 0) is 9.59 Å². The quantitative estimate of drug-likeness (QED) is 0.479. The molecule has 0 bridgehead atoms. The Hall–Kier alpha value is -2.78. The normalized spacial score (nSPS) is 19.4. The molecule has 29 heavy (non-hydrogen) atoms. The summed E-state index contributed by atoms with van der Waals surface area (Å²) in [5.74, 6) is 1.45. The predicted molar refractivity (Wildman–Crippen MR) is 110 cm³/mol. The zero-order valence-corrected chi connectivity index (χ0v) is 17.8. The number of rotatable bonds is 2. The van der Waals surface area contributed by atoms with Gasteiger partial charge in [-0.05, 0) is 47.5 Å². The third-order valence-corrected chi connectivity index (χ3v) is 5.96. The van der Waals surface area contributed by atoms with E-state index in [9.17, 15) is 9.59 Å². The average molecular weight is 521 g/mol. The lowest BCUT2D eigenvalue weighted by Gasteiger charge is -2.05. The molecular formula is C20H11Br2NO6. The van der Waals surface area contributed by atoms with Gasteiger partial charge in [0.2, 0.25) is 13.6 Å². The number of hydrogen-bond acceptors (Lipinski definition) is 6. The molecule has 1 fully saturated rings. The maximum atomic E-state index is 12.4. The number of ether oxygens (including phenoxy) is 4. The lowest BCUT2D eigenvalue weighted by molar-refractivity contribution is -0.123. The van der Waals surface area contributed by atoms with Crippen LogP contribution in [0.4, 0.5) is 0 Å². The fourth-order valence-electron chi connectivity index (χ4n) is 3.17. The van der Waals surface area contributed by atoms with E-state index in [1.807, 2.05) is 0 Å². The summed E-state index contributed by atoms with van der Waals surface area (Å²) >= 11 is 6.94. The fraction of sp³-hybridized carbons (Fsp3) is 0.100. The van der Waals surface area contributed by atoms with Crippen molar-refractivity contribution in [1.29, 1.82) is 0 Å². The first-order valence-corrected chi connectivity index (χ1v) is 10.1. The number of hydrogen-bond donors (Lipinski definition) is 1. The number of amides is 2. The SMILES string of the molecule is O=C1NC(=O)C(=C/c2cc3c(cc2Br)OCO3)/C1=C\c1cc2c(cc1Br)OCO2. The zero-order valence-electron chi connectivity index (χ0n) is 14.6. The molecule has 0 saturated carbocycles. The van der Waals surface area contributed by atoms with E-state index in [1.165, 1.54) is 0 Å². The second-order valence-corrected chi connectivity index (χ2v) is 8.06. The van der Waals surface area contributed by atoms with Gasteiger partial charge >= 0.3 is 0 Å². The zero-order chi connectivity index (χ0) is 20.1. The van der Waals surface area contributed by atoms with Crippen molar-refractivity contribution in [2.75, 3.05) is 13.6 Å². The third kappa shape index (κ3) is 3.20. The smallest absolute Gasteiger partial charge is 0.258 e. The van der Waals surface area contributed by atoms with Crippen LogP contribution in [0.3, 0.4) is 0 Å². The summed E-state index contributed by atoms with van der Waals surface area (Å²) in [4.78, 5) is 24.9. The van der Waals surface area contributed by atoms with Crippen LogP contribution in [0.5, 0.6) is 23.0 Å². The fourth-order valence-corrected chi connectivity index (χ4v) is 4.04. The first kappa shape index (κ1) is 18.3. The summed E-state index contributed by atoms with van der Waals surface area (Å²) in [6.07, 6.45) is 3.28. The average Bonchev–Trinajstić information content (AvgIpc) is 3.37. The molecule has 146 valence electrons. The first-order valence-electron chi connectivity index (χ1n) is 8.47. The van der Waals surface area contributed by atoms with Gasteiger partial charge in [0.1, 0.15) is 0 Å². The van der Waals surface area contributed by atoms with Crippen molar-refractivity contribution in [3.05, 3.63) is 55.5 Å². The van der Waals surface area contributed by atoms with E-state index in [4.69, 9.17) is 18.9 Å². The molecule has 0 aliphatic carbocycles. The van der Waals surface area contributed by atoms with E-state index in [-0.39, 0.29) is 24.7 Å². The van der Waals surface area contributed by atoms with Crippen LogP contribution in [0.15, 0.2) is 44.4 Å². The lowest BCUT2D eigenvalue weighted by atomic mass is 10.0. The molecule has 0 atom stereocenters. The second kappa shape index (κ2) is 6.93. The summed E-state index contributed by atoms with van der Waals surface area (Å²) in [6, 6.07) is 7.04. The molecular weight excluding hydrogens is 510 g/mol. The summed E-state index contributed by atoms with van der Waals surface area (Å²) < 4.78 is 22.9. The summed E-state index contributed by atoms with van der Waals surface area (Å²) in [5.41, 5.74) is 1.87. The highest BCUT2D eigenvalue weighted by atomic mass is 79.9. The number of halogens is 2. The lowest BCUT2D eigenvalue weighted by Crippen LogP contribution is -2.19. The topological polar surface area (TPSA) is 83.1 Å². The molecule has 7 nitrogen and oxygen atoms in total. The van der Waals surface area contributed by atoms with E-state index < -0.39 is 11.8 Å². The standard InChI is InChI=1S/C20H11Br2NO6/c21-13-5-17-15(26-7-28-17)3-9(13)1-11-12(20(25)23-19(11)24)2-10-4-16-18(6-14(10)22)29-8-27-16/h1-6H,7-8H2,(H,23,24,25)/b11-1+,12-2+. The Balaban J connectivity index is 1.60. The van der Waals surface area contributed by atoms with Crippen LogP contribution in [0.25, 0.3) is 12.2 Å². The van der Waals surface area contributed by atoms with Gasteiger partial charge in [-0.1, -0.05) is 31.9 Å². The molecule has 9 heteroatoms. The van der Waals surface area contributed by atoms with E-state index in [2.05, 4.69) is 37.2 Å². The molecule has 2 aromatic rings. The van der Waals surface area contributed by atoms with Crippen molar-refractivity contribution in [1.82, 2.24) is 5.32 Å². The molecule has 2 amide bonds. The van der Waals surface area contributed by atoms with Crippen LogP contribution in [0.2, 0.25) is 0 Å². The van der Waals surface area contributed by atoms with Crippen molar-refractivity contribution >= 4 is 55.8 Å². The molecule has 3 aliphatic heterocycles. The molecule has 0 radical (unpaired) electrons. The van der Waals surface area contributed by atoms with E-state index in [0.29, 0.717) is 43.1 Å². The monoisotopic (exact) mass is 519 g/mol. The first-order chi connectivity index (χ1) is 14.0. The Morgan fingerprint density at radius 3 is 1.48 bits per heavy atom. The minimum Gasteiger partial charge on any atom is -0.454 e. The van der Waals surface area contributed by atoms with Crippen molar-refractivity contribution in [2.45, 2.75) is 0 Å². The predicted octanol–water partition coefficient (Wildman–Crippen LogP) is 3.79. The second-order valence-electron chi connectivity index (χ2n) is 6.35. The third-order valence-electron chi connectivity index (χ3n) is 4.59. The summed E-state index contributed by atoms with van der Waals surface area (Å²) in [5, 5.41) is 2.34. The van der Waals surface area contributed by atoms with E-state index >= 15 is 0 Å². The van der Waals surface area contributed by atoms with Crippen LogP contribution < -0.4 is 24.3 Å². The van der Waals surface area contributed by atoms with Crippen LogP contribution in [-0.4, -0.2) is 25.4 Å². The number of nitrogens with one attached hydrogen (secondary N) is 1. The molecule has 2 aromatic carbocycles. The van der Waals surface area contributed by atoms with Gasteiger partial charge in [-0.15, -0.1) is 0 Å². The highest BCUT2D eigenvalue weighted by Gasteiger charge is 2.31. The van der Waals surface area contributed by atoms with Gasteiger partial charge < -0.3 is 18.9 Å². The van der Waals surface area contributed by atoms with E-state index in [0.717, 1.165) is 0 Å². The minimum absolute atomic E-state index is 0.143. The molecule has 3 aliphatic rings. The van der Waals surface area contributed by atoms with E-state index in [1.54, 1.807) is 36.4 Å². The maximum Gasteiger partial charge on any atom is 0.258 e. The Morgan fingerprint density at radius 1 is 0.690 bits per heavy atom. The number of carbonyl (C=O) groups is 2. The summed E-state index contributed by atoms with van der Waals surface area (Å²) in [6.45, 7) is 0.286. The van der Waals surface area contributed by atoms with Crippen molar-refractivity contribution in [3.8, 4) is 23.0 Å². The van der Waals surface area contributed by atoms with Crippen LogP contribution in [0.1, 0.15) is 11.1 Å². The molecule has 0 spiro atoms. The molecule has 0 unspecified atom stereocenters. The van der Waals surface area contributed by atoms with Crippen molar-refractivity contribution < 1.29 is 28.5 Å². The summed E-state index contributed by atoms with van der Waals surface area (Å²) in [7, 11) is 0. The Kier molecular flexibility index (Phi) is 4.36. The molecule has 1 N–H and O–H groups in total. The largest absolute Gasteiger partial charge is 0.454 e.